The topological polar surface area (TPSA) is 15.3 Å². The third kappa shape index (κ3) is 4.13. The minimum atomic E-state index is 0.805. The van der Waals surface area contributed by atoms with E-state index < -0.39 is 0 Å². The van der Waals surface area contributed by atoms with E-state index in [0.717, 1.165) is 25.6 Å². The van der Waals surface area contributed by atoms with Gasteiger partial charge in [-0.1, -0.05) is 12.8 Å². The molecule has 1 aliphatic heterocycles. The summed E-state index contributed by atoms with van der Waals surface area (Å²) in [6.07, 6.45) is 9.31. The summed E-state index contributed by atoms with van der Waals surface area (Å²) in [4.78, 5) is 2.34. The summed E-state index contributed by atoms with van der Waals surface area (Å²) in [5.74, 6) is 3.63. The lowest BCUT2D eigenvalue weighted by atomic mass is 10.0. The zero-order valence-corrected chi connectivity index (χ0v) is 9.26. The van der Waals surface area contributed by atoms with Crippen LogP contribution in [-0.2, 0) is 0 Å². The molecular weight excluding hydrogens is 172 g/mol. The third-order valence-electron chi connectivity index (χ3n) is 3.01. The molecule has 0 amide bonds. The van der Waals surface area contributed by atoms with Gasteiger partial charge in [0.1, 0.15) is 0 Å². The highest BCUT2D eigenvalue weighted by Crippen LogP contribution is 2.14. The second-order valence-electron chi connectivity index (χ2n) is 4.07. The molecular formula is C12H22N2. The normalized spacial score (nSPS) is 21.4. The maximum Gasteiger partial charge on any atom is 0.0598 e. The largest absolute Gasteiger partial charge is 0.316 e. The Bertz CT molecular complexity index is 177. The van der Waals surface area contributed by atoms with E-state index in [0.29, 0.717) is 0 Å². The molecule has 2 nitrogen and oxygen atoms in total. The van der Waals surface area contributed by atoms with Gasteiger partial charge in [0, 0.05) is 0 Å². The molecule has 0 aromatic heterocycles. The predicted molar refractivity (Wildman–Crippen MR) is 61.2 cm³/mol. The molecule has 1 saturated heterocycles. The first-order chi connectivity index (χ1) is 6.86. The van der Waals surface area contributed by atoms with Crippen LogP contribution >= 0.6 is 0 Å². The SMILES string of the molecule is C#CCN(CC)CCCC1CCNC1. The van der Waals surface area contributed by atoms with E-state index in [-0.39, 0.29) is 0 Å². The molecule has 0 saturated carbocycles. The van der Waals surface area contributed by atoms with Gasteiger partial charge in [0.05, 0.1) is 6.54 Å². The first-order valence-corrected chi connectivity index (χ1v) is 5.73. The monoisotopic (exact) mass is 194 g/mol. The summed E-state index contributed by atoms with van der Waals surface area (Å²) < 4.78 is 0. The van der Waals surface area contributed by atoms with Crippen LogP contribution in [0.1, 0.15) is 26.2 Å². The number of hydrogen-bond donors (Lipinski definition) is 1. The quantitative estimate of drug-likeness (QED) is 0.642. The van der Waals surface area contributed by atoms with Gasteiger partial charge < -0.3 is 5.32 Å². The van der Waals surface area contributed by atoms with Crippen LogP contribution in [0, 0.1) is 18.3 Å². The highest BCUT2D eigenvalue weighted by atomic mass is 15.1. The van der Waals surface area contributed by atoms with Crippen LogP contribution in [0.25, 0.3) is 0 Å². The Morgan fingerprint density at radius 1 is 1.57 bits per heavy atom. The van der Waals surface area contributed by atoms with Crippen molar-refractivity contribution >= 4 is 0 Å². The van der Waals surface area contributed by atoms with Crippen LogP contribution in [0.3, 0.4) is 0 Å². The molecule has 80 valence electrons. The molecule has 2 heteroatoms. The van der Waals surface area contributed by atoms with Crippen LogP contribution in [0.5, 0.6) is 0 Å². The van der Waals surface area contributed by atoms with Gasteiger partial charge >= 0.3 is 0 Å². The van der Waals surface area contributed by atoms with E-state index in [1.54, 1.807) is 0 Å². The van der Waals surface area contributed by atoms with E-state index in [4.69, 9.17) is 6.42 Å². The Hall–Kier alpha value is -0.520. The average molecular weight is 194 g/mol. The molecule has 1 rings (SSSR count). The lowest BCUT2D eigenvalue weighted by Crippen LogP contribution is -2.25. The Balaban J connectivity index is 2.03. The van der Waals surface area contributed by atoms with Gasteiger partial charge in [-0.3, -0.25) is 4.90 Å². The van der Waals surface area contributed by atoms with Crippen LogP contribution in [0.4, 0.5) is 0 Å². The Kier molecular flexibility index (Phi) is 5.66. The molecule has 0 aliphatic carbocycles. The number of rotatable bonds is 6. The highest BCUT2D eigenvalue weighted by molar-refractivity contribution is 4.87. The van der Waals surface area contributed by atoms with Gasteiger partial charge in [-0.25, -0.2) is 0 Å². The van der Waals surface area contributed by atoms with Crippen molar-refractivity contribution in [2.24, 2.45) is 5.92 Å². The molecule has 1 aliphatic rings. The molecule has 14 heavy (non-hydrogen) atoms. The molecule has 0 spiro atoms. The Labute approximate surface area is 88.1 Å². The van der Waals surface area contributed by atoms with Crippen LogP contribution in [0.2, 0.25) is 0 Å². The highest BCUT2D eigenvalue weighted by Gasteiger charge is 2.13. The number of nitrogens with one attached hydrogen (secondary N) is 1. The van der Waals surface area contributed by atoms with Crippen LogP contribution in [-0.4, -0.2) is 37.6 Å². The van der Waals surface area contributed by atoms with E-state index in [1.807, 2.05) is 0 Å². The molecule has 0 aromatic rings. The molecule has 1 heterocycles. The lowest BCUT2D eigenvalue weighted by Gasteiger charge is -2.18. The van der Waals surface area contributed by atoms with E-state index in [9.17, 15) is 0 Å². The number of nitrogens with zero attached hydrogens (tertiary/aromatic N) is 1. The maximum absolute atomic E-state index is 5.30. The summed E-state index contributed by atoms with van der Waals surface area (Å²) in [6, 6.07) is 0. The van der Waals surface area contributed by atoms with Gasteiger partial charge in [0.15, 0.2) is 0 Å². The number of hydrogen-bond acceptors (Lipinski definition) is 2. The van der Waals surface area contributed by atoms with E-state index >= 15 is 0 Å². The van der Waals surface area contributed by atoms with Gasteiger partial charge in [-0.2, -0.15) is 0 Å². The zero-order chi connectivity index (χ0) is 10.2. The molecule has 1 N–H and O–H groups in total. The second kappa shape index (κ2) is 6.86. The Morgan fingerprint density at radius 2 is 2.43 bits per heavy atom. The molecule has 0 bridgehead atoms. The summed E-state index contributed by atoms with van der Waals surface area (Å²) in [6.45, 7) is 7.66. The summed E-state index contributed by atoms with van der Waals surface area (Å²) in [5.41, 5.74) is 0. The van der Waals surface area contributed by atoms with Crippen molar-refractivity contribution in [1.82, 2.24) is 10.2 Å². The Morgan fingerprint density at radius 3 is 3.00 bits per heavy atom. The minimum absolute atomic E-state index is 0.805. The van der Waals surface area contributed by atoms with Crippen molar-refractivity contribution in [2.75, 3.05) is 32.7 Å². The number of terminal acetylenes is 1. The van der Waals surface area contributed by atoms with E-state index in [2.05, 4.69) is 23.1 Å². The first-order valence-electron chi connectivity index (χ1n) is 5.73. The fraction of sp³-hybridized carbons (Fsp3) is 0.833. The van der Waals surface area contributed by atoms with Crippen molar-refractivity contribution in [1.29, 1.82) is 0 Å². The van der Waals surface area contributed by atoms with E-state index in [1.165, 1.54) is 32.4 Å². The van der Waals surface area contributed by atoms with Crippen molar-refractivity contribution in [3.05, 3.63) is 0 Å². The smallest absolute Gasteiger partial charge is 0.0598 e. The molecule has 1 fully saturated rings. The van der Waals surface area contributed by atoms with Crippen LogP contribution < -0.4 is 5.32 Å². The van der Waals surface area contributed by atoms with Crippen molar-refractivity contribution < 1.29 is 0 Å². The predicted octanol–water partition coefficient (Wildman–Crippen LogP) is 1.33. The first kappa shape index (κ1) is 11.6. The van der Waals surface area contributed by atoms with Crippen molar-refractivity contribution in [3.63, 3.8) is 0 Å². The fourth-order valence-electron chi connectivity index (χ4n) is 2.04. The standard InChI is InChI=1S/C12H22N2/c1-3-9-14(4-2)10-5-6-12-7-8-13-11-12/h1,12-13H,4-11H2,2H3. The van der Waals surface area contributed by atoms with Gasteiger partial charge in [-0.15, -0.1) is 6.42 Å². The van der Waals surface area contributed by atoms with Crippen molar-refractivity contribution in [3.8, 4) is 12.3 Å². The summed E-state index contributed by atoms with van der Waals surface area (Å²) >= 11 is 0. The van der Waals surface area contributed by atoms with Crippen LogP contribution in [0.15, 0.2) is 0 Å². The zero-order valence-electron chi connectivity index (χ0n) is 9.26. The van der Waals surface area contributed by atoms with Gasteiger partial charge in [0.2, 0.25) is 0 Å². The lowest BCUT2D eigenvalue weighted by molar-refractivity contribution is 0.305. The van der Waals surface area contributed by atoms with Crippen molar-refractivity contribution in [2.45, 2.75) is 26.2 Å². The molecule has 1 unspecified atom stereocenters. The molecule has 0 aromatic carbocycles. The van der Waals surface area contributed by atoms with Gasteiger partial charge in [-0.05, 0) is 51.4 Å². The summed E-state index contributed by atoms with van der Waals surface area (Å²) in [7, 11) is 0. The minimum Gasteiger partial charge on any atom is -0.316 e. The molecule has 0 radical (unpaired) electrons. The van der Waals surface area contributed by atoms with Gasteiger partial charge in [0.25, 0.3) is 0 Å². The maximum atomic E-state index is 5.30. The summed E-state index contributed by atoms with van der Waals surface area (Å²) in [5, 5.41) is 3.40. The molecule has 1 atom stereocenters. The average Bonchev–Trinajstić information content (AvgIpc) is 2.69. The second-order valence-corrected chi connectivity index (χ2v) is 4.07. The third-order valence-corrected chi connectivity index (χ3v) is 3.01. The fourth-order valence-corrected chi connectivity index (χ4v) is 2.04.